The molecule has 7 nitrogen and oxygen atoms in total. The molecule has 2 N–H and O–H groups in total. The molecule has 0 atom stereocenters. The molecule has 1 fully saturated rings. The van der Waals surface area contributed by atoms with Gasteiger partial charge in [-0.3, -0.25) is 9.69 Å². The van der Waals surface area contributed by atoms with E-state index < -0.39 is 0 Å². The number of halogens is 1. The van der Waals surface area contributed by atoms with E-state index in [2.05, 4.69) is 15.5 Å². The summed E-state index contributed by atoms with van der Waals surface area (Å²) in [6, 6.07) is 3.45. The largest absolute Gasteiger partial charge is 0.495 e. The maximum atomic E-state index is 11.9. The Morgan fingerprint density at radius 1 is 1.20 bits per heavy atom. The van der Waals surface area contributed by atoms with Crippen LogP contribution in [0, 0.1) is 0 Å². The van der Waals surface area contributed by atoms with Crippen LogP contribution in [0.1, 0.15) is 6.42 Å². The number of methoxy groups -OCH3 is 2. The minimum Gasteiger partial charge on any atom is -0.495 e. The summed E-state index contributed by atoms with van der Waals surface area (Å²) >= 11 is 6.08. The van der Waals surface area contributed by atoms with E-state index in [9.17, 15) is 4.79 Å². The molecular weight excluding hydrogens is 346 g/mol. The first kappa shape index (κ1) is 19.6. The lowest BCUT2D eigenvalue weighted by atomic mass is 10.2. The normalized spacial score (nSPS) is 14.8. The van der Waals surface area contributed by atoms with Gasteiger partial charge in [-0.1, -0.05) is 11.6 Å². The third-order valence-electron chi connectivity index (χ3n) is 4.00. The molecule has 1 heterocycles. The monoisotopic (exact) mass is 371 g/mol. The number of hydrogen-bond acceptors (Lipinski definition) is 6. The first-order valence-corrected chi connectivity index (χ1v) is 8.74. The Kier molecular flexibility index (Phi) is 8.11. The van der Waals surface area contributed by atoms with Crippen LogP contribution in [0.4, 0.5) is 5.69 Å². The van der Waals surface area contributed by atoms with Crippen molar-refractivity contribution < 1.29 is 19.0 Å². The first-order valence-electron chi connectivity index (χ1n) is 8.36. The number of ether oxygens (including phenoxy) is 3. The summed E-state index contributed by atoms with van der Waals surface area (Å²) in [4.78, 5) is 14.2. The van der Waals surface area contributed by atoms with Gasteiger partial charge in [0.15, 0.2) is 0 Å². The zero-order chi connectivity index (χ0) is 18.1. The fourth-order valence-electron chi connectivity index (χ4n) is 2.58. The second-order valence-electron chi connectivity index (χ2n) is 5.67. The number of nitrogens with one attached hydrogen (secondary N) is 2. The summed E-state index contributed by atoms with van der Waals surface area (Å²) in [7, 11) is 3.13. The lowest BCUT2D eigenvalue weighted by Gasteiger charge is -2.26. The van der Waals surface area contributed by atoms with E-state index in [1.807, 2.05) is 0 Å². The number of carbonyl (C=O) groups is 1. The number of nitrogens with zero attached hydrogens (tertiary/aromatic N) is 1. The molecule has 0 spiro atoms. The molecule has 25 heavy (non-hydrogen) atoms. The Bertz CT molecular complexity index is 565. The Balaban J connectivity index is 1.71. The Hall–Kier alpha value is -1.70. The number of benzene rings is 1. The number of morpholine rings is 1. The van der Waals surface area contributed by atoms with Gasteiger partial charge in [0.2, 0.25) is 5.91 Å². The molecule has 0 aromatic heterocycles. The molecule has 1 aromatic carbocycles. The van der Waals surface area contributed by atoms with E-state index in [0.29, 0.717) is 36.0 Å². The Morgan fingerprint density at radius 2 is 1.92 bits per heavy atom. The van der Waals surface area contributed by atoms with Crippen molar-refractivity contribution >= 4 is 23.2 Å². The van der Waals surface area contributed by atoms with Gasteiger partial charge in [-0.05, 0) is 0 Å². The van der Waals surface area contributed by atoms with Gasteiger partial charge in [0.05, 0.1) is 38.1 Å². The number of rotatable bonds is 9. The average molecular weight is 372 g/mol. The van der Waals surface area contributed by atoms with Gasteiger partial charge in [-0.15, -0.1) is 0 Å². The van der Waals surface area contributed by atoms with Gasteiger partial charge < -0.3 is 24.8 Å². The van der Waals surface area contributed by atoms with Crippen LogP contribution in [0.5, 0.6) is 11.5 Å². The molecule has 0 saturated carbocycles. The first-order chi connectivity index (χ1) is 12.1. The summed E-state index contributed by atoms with van der Waals surface area (Å²) in [6.07, 6.45) is 0.372. The highest BCUT2D eigenvalue weighted by Crippen LogP contribution is 2.35. The molecule has 0 radical (unpaired) electrons. The van der Waals surface area contributed by atoms with Crippen molar-refractivity contribution in [1.29, 1.82) is 0 Å². The third kappa shape index (κ3) is 6.26. The molecule has 8 heteroatoms. The van der Waals surface area contributed by atoms with Gasteiger partial charge in [0, 0.05) is 51.3 Å². The smallest absolute Gasteiger partial charge is 0.221 e. The van der Waals surface area contributed by atoms with Gasteiger partial charge in [-0.25, -0.2) is 0 Å². The van der Waals surface area contributed by atoms with Crippen molar-refractivity contribution in [1.82, 2.24) is 10.2 Å². The molecule has 1 aliphatic heterocycles. The van der Waals surface area contributed by atoms with Crippen LogP contribution >= 0.6 is 11.6 Å². The molecule has 1 aromatic rings. The van der Waals surface area contributed by atoms with E-state index in [-0.39, 0.29) is 5.91 Å². The molecule has 2 rings (SSSR count). The summed E-state index contributed by atoms with van der Waals surface area (Å²) in [5.74, 6) is 1.18. The van der Waals surface area contributed by atoms with Crippen LogP contribution < -0.4 is 20.1 Å². The Morgan fingerprint density at radius 3 is 2.60 bits per heavy atom. The van der Waals surface area contributed by atoms with Crippen molar-refractivity contribution in [3.05, 3.63) is 17.2 Å². The molecule has 0 unspecified atom stereocenters. The summed E-state index contributed by atoms with van der Waals surface area (Å²) < 4.78 is 15.8. The molecule has 1 saturated heterocycles. The van der Waals surface area contributed by atoms with Crippen LogP contribution in [0.15, 0.2) is 12.1 Å². The van der Waals surface area contributed by atoms with Crippen LogP contribution in [-0.4, -0.2) is 71.0 Å². The van der Waals surface area contributed by atoms with E-state index in [1.165, 1.54) is 0 Å². The van der Waals surface area contributed by atoms with Gasteiger partial charge in [0.1, 0.15) is 11.5 Å². The maximum absolute atomic E-state index is 11.9. The van der Waals surface area contributed by atoms with Crippen LogP contribution in [-0.2, 0) is 9.53 Å². The van der Waals surface area contributed by atoms with Crippen molar-refractivity contribution in [2.75, 3.05) is 65.5 Å². The highest BCUT2D eigenvalue weighted by atomic mass is 35.5. The summed E-state index contributed by atoms with van der Waals surface area (Å²) in [5.41, 5.74) is 0.741. The fraction of sp³-hybridized carbons (Fsp3) is 0.588. The Labute approximate surface area is 153 Å². The van der Waals surface area contributed by atoms with Crippen molar-refractivity contribution in [2.24, 2.45) is 0 Å². The van der Waals surface area contributed by atoms with Crippen LogP contribution in [0.25, 0.3) is 0 Å². The highest BCUT2D eigenvalue weighted by Gasteiger charge is 2.11. The minimum atomic E-state index is 0.0145. The second-order valence-corrected chi connectivity index (χ2v) is 6.07. The molecule has 0 aliphatic carbocycles. The SMILES string of the molecule is COc1cc(NCCC(=O)NCCN2CCOCC2)c(OC)cc1Cl. The maximum Gasteiger partial charge on any atom is 0.221 e. The molecule has 1 aliphatic rings. The highest BCUT2D eigenvalue weighted by molar-refractivity contribution is 6.32. The topological polar surface area (TPSA) is 72.1 Å². The fourth-order valence-corrected chi connectivity index (χ4v) is 2.81. The lowest BCUT2D eigenvalue weighted by Crippen LogP contribution is -2.41. The zero-order valence-corrected chi connectivity index (χ0v) is 15.5. The number of anilines is 1. The van der Waals surface area contributed by atoms with Gasteiger partial charge >= 0.3 is 0 Å². The molecule has 140 valence electrons. The van der Waals surface area contributed by atoms with Crippen molar-refractivity contribution in [2.45, 2.75) is 6.42 Å². The predicted molar refractivity (Wildman–Crippen MR) is 97.9 cm³/mol. The summed E-state index contributed by atoms with van der Waals surface area (Å²) in [5, 5.41) is 6.60. The van der Waals surface area contributed by atoms with E-state index in [0.717, 1.165) is 38.5 Å². The van der Waals surface area contributed by atoms with E-state index >= 15 is 0 Å². The standard InChI is InChI=1S/C17H26ClN3O4/c1-23-15-12-14(16(24-2)11-13(15)18)19-4-3-17(22)20-5-6-21-7-9-25-10-8-21/h11-12,19H,3-10H2,1-2H3,(H,20,22). The predicted octanol–water partition coefficient (Wildman–Crippen LogP) is 1.61. The second kappa shape index (κ2) is 10.3. The molecular formula is C17H26ClN3O4. The van der Waals surface area contributed by atoms with Crippen LogP contribution in [0.2, 0.25) is 5.02 Å². The minimum absolute atomic E-state index is 0.0145. The third-order valence-corrected chi connectivity index (χ3v) is 4.29. The average Bonchev–Trinajstić information content (AvgIpc) is 2.63. The van der Waals surface area contributed by atoms with E-state index in [4.69, 9.17) is 25.8 Å². The van der Waals surface area contributed by atoms with Gasteiger partial charge in [0.25, 0.3) is 0 Å². The van der Waals surface area contributed by atoms with E-state index in [1.54, 1.807) is 26.4 Å². The molecule has 0 bridgehead atoms. The number of hydrogen-bond donors (Lipinski definition) is 2. The number of amides is 1. The zero-order valence-electron chi connectivity index (χ0n) is 14.8. The van der Waals surface area contributed by atoms with Gasteiger partial charge in [-0.2, -0.15) is 0 Å². The van der Waals surface area contributed by atoms with Crippen molar-refractivity contribution in [3.63, 3.8) is 0 Å². The van der Waals surface area contributed by atoms with Crippen LogP contribution in [0.3, 0.4) is 0 Å². The number of carbonyl (C=O) groups excluding carboxylic acids is 1. The lowest BCUT2D eigenvalue weighted by molar-refractivity contribution is -0.120. The van der Waals surface area contributed by atoms with Crippen molar-refractivity contribution in [3.8, 4) is 11.5 Å². The molecule has 1 amide bonds. The summed E-state index contributed by atoms with van der Waals surface area (Å²) in [6.45, 7) is 5.38. The quantitative estimate of drug-likeness (QED) is 0.687.